The fraction of sp³-hybridized carbons (Fsp3) is 0.263. The normalized spacial score (nSPS) is 19.1. The molecule has 4 nitrogen and oxygen atoms in total. The Bertz CT molecular complexity index is 941. The van der Waals surface area contributed by atoms with Gasteiger partial charge in [-0.2, -0.15) is 4.31 Å². The van der Waals surface area contributed by atoms with Crippen LogP contribution in [0.3, 0.4) is 0 Å². The van der Waals surface area contributed by atoms with Crippen LogP contribution in [0.4, 0.5) is 0 Å². The Kier molecular flexibility index (Phi) is 3.70. The highest BCUT2D eigenvalue weighted by molar-refractivity contribution is 7.89. The molecule has 1 unspecified atom stereocenters. The van der Waals surface area contributed by atoms with Crippen LogP contribution in [0.5, 0.6) is 0 Å². The molecule has 0 aliphatic carbocycles. The summed E-state index contributed by atoms with van der Waals surface area (Å²) in [6.07, 6.45) is 0.845. The maximum absolute atomic E-state index is 12.8. The number of fused-ring (bicyclic) bond motifs is 1. The van der Waals surface area contributed by atoms with Gasteiger partial charge in [-0.05, 0) is 43.0 Å². The zero-order valence-corrected chi connectivity index (χ0v) is 14.4. The lowest BCUT2D eigenvalue weighted by atomic mass is 10.1. The lowest BCUT2D eigenvalue weighted by molar-refractivity contribution is 0.472. The molecule has 0 spiro atoms. The molecule has 4 rings (SSSR count). The largest absolute Gasteiger partial charge is 0.358 e. The second-order valence-corrected chi connectivity index (χ2v) is 8.41. The van der Waals surface area contributed by atoms with Crippen molar-refractivity contribution in [3.8, 4) is 0 Å². The zero-order valence-electron chi connectivity index (χ0n) is 13.6. The Hall–Kier alpha value is -2.11. The van der Waals surface area contributed by atoms with Gasteiger partial charge in [0.2, 0.25) is 10.0 Å². The van der Waals surface area contributed by atoms with Crippen molar-refractivity contribution >= 4 is 20.9 Å². The van der Waals surface area contributed by atoms with E-state index in [1.807, 2.05) is 31.2 Å². The number of rotatable bonds is 3. The van der Waals surface area contributed by atoms with Crippen LogP contribution in [0.15, 0.2) is 59.5 Å². The number of nitrogens with one attached hydrogen (secondary N) is 1. The number of hydrogen-bond donors (Lipinski definition) is 1. The van der Waals surface area contributed by atoms with E-state index < -0.39 is 10.0 Å². The summed E-state index contributed by atoms with van der Waals surface area (Å²) in [5.41, 5.74) is 3.29. The molecule has 0 radical (unpaired) electrons. The standard InChI is InChI=1S/C19H20N2O2S/c1-14-6-8-17(9-7-14)24(22,23)21-11-10-16(13-21)19-12-15-4-2-3-5-18(15)20-19/h2-9,12,16,20H,10-11,13H2,1H3. The molecule has 1 aromatic heterocycles. The summed E-state index contributed by atoms with van der Waals surface area (Å²) in [4.78, 5) is 3.82. The van der Waals surface area contributed by atoms with Crippen molar-refractivity contribution in [1.82, 2.24) is 9.29 Å². The fourth-order valence-electron chi connectivity index (χ4n) is 3.38. The zero-order chi connectivity index (χ0) is 16.7. The van der Waals surface area contributed by atoms with Crippen molar-refractivity contribution in [2.75, 3.05) is 13.1 Å². The van der Waals surface area contributed by atoms with Crippen molar-refractivity contribution in [3.63, 3.8) is 0 Å². The third-order valence-electron chi connectivity index (χ3n) is 4.80. The summed E-state index contributed by atoms with van der Waals surface area (Å²) in [6, 6.07) is 17.4. The number of H-pyrrole nitrogens is 1. The van der Waals surface area contributed by atoms with Crippen LogP contribution in [0, 0.1) is 6.92 Å². The smallest absolute Gasteiger partial charge is 0.243 e. The highest BCUT2D eigenvalue weighted by Crippen LogP contribution is 2.32. The van der Waals surface area contributed by atoms with Crippen LogP contribution in [0.25, 0.3) is 10.9 Å². The molecule has 24 heavy (non-hydrogen) atoms. The minimum atomic E-state index is -3.41. The van der Waals surface area contributed by atoms with Gasteiger partial charge in [-0.3, -0.25) is 0 Å². The third kappa shape index (κ3) is 2.64. The molecule has 1 aliphatic rings. The molecular formula is C19H20N2O2S. The maximum Gasteiger partial charge on any atom is 0.243 e. The van der Waals surface area contributed by atoms with Gasteiger partial charge in [0, 0.05) is 30.2 Å². The van der Waals surface area contributed by atoms with E-state index in [2.05, 4.69) is 23.2 Å². The number of nitrogens with zero attached hydrogens (tertiary/aromatic N) is 1. The highest BCUT2D eigenvalue weighted by Gasteiger charge is 2.33. The van der Waals surface area contributed by atoms with Crippen LogP contribution in [-0.4, -0.2) is 30.8 Å². The lowest BCUT2D eigenvalue weighted by Crippen LogP contribution is -2.28. The van der Waals surface area contributed by atoms with Crippen LogP contribution < -0.4 is 0 Å². The Morgan fingerprint density at radius 3 is 2.58 bits per heavy atom. The first kappa shape index (κ1) is 15.4. The summed E-state index contributed by atoms with van der Waals surface area (Å²) < 4.78 is 27.2. The van der Waals surface area contributed by atoms with Gasteiger partial charge < -0.3 is 4.98 Å². The van der Waals surface area contributed by atoms with Crippen LogP contribution in [0.1, 0.15) is 23.6 Å². The summed E-state index contributed by atoms with van der Waals surface area (Å²) >= 11 is 0. The van der Waals surface area contributed by atoms with Crippen molar-refractivity contribution in [2.45, 2.75) is 24.2 Å². The van der Waals surface area contributed by atoms with E-state index in [0.717, 1.165) is 23.2 Å². The van der Waals surface area contributed by atoms with Crippen molar-refractivity contribution in [2.24, 2.45) is 0 Å². The second-order valence-electron chi connectivity index (χ2n) is 6.47. The number of benzene rings is 2. The Morgan fingerprint density at radius 1 is 1.08 bits per heavy atom. The van der Waals surface area contributed by atoms with E-state index in [9.17, 15) is 8.42 Å². The minimum Gasteiger partial charge on any atom is -0.358 e. The van der Waals surface area contributed by atoms with E-state index in [1.54, 1.807) is 16.4 Å². The predicted molar refractivity (Wildman–Crippen MR) is 95.6 cm³/mol. The number of aryl methyl sites for hydroxylation is 1. The summed E-state index contributed by atoms with van der Waals surface area (Å²) in [7, 11) is -3.41. The second kappa shape index (κ2) is 5.76. The SMILES string of the molecule is Cc1ccc(S(=O)(=O)N2CCC(c3cc4ccccc4[nH]3)C2)cc1. The average molecular weight is 340 g/mol. The molecule has 3 aromatic rings. The molecule has 0 bridgehead atoms. The van der Waals surface area contributed by atoms with Crippen LogP contribution in [-0.2, 0) is 10.0 Å². The Morgan fingerprint density at radius 2 is 1.83 bits per heavy atom. The molecular weight excluding hydrogens is 320 g/mol. The number of sulfonamides is 1. The van der Waals surface area contributed by atoms with Gasteiger partial charge in [0.1, 0.15) is 0 Å². The topological polar surface area (TPSA) is 53.2 Å². The van der Waals surface area contributed by atoms with E-state index in [-0.39, 0.29) is 5.92 Å². The van der Waals surface area contributed by atoms with Gasteiger partial charge in [-0.25, -0.2) is 8.42 Å². The van der Waals surface area contributed by atoms with Crippen molar-refractivity contribution < 1.29 is 8.42 Å². The number of aromatic amines is 1. The van der Waals surface area contributed by atoms with Crippen LogP contribution in [0.2, 0.25) is 0 Å². The Balaban J connectivity index is 1.58. The van der Waals surface area contributed by atoms with Gasteiger partial charge in [-0.15, -0.1) is 0 Å². The summed E-state index contributed by atoms with van der Waals surface area (Å²) in [5, 5.41) is 1.17. The van der Waals surface area contributed by atoms with E-state index in [1.165, 1.54) is 5.39 Å². The first-order chi connectivity index (χ1) is 11.5. The van der Waals surface area contributed by atoms with E-state index in [0.29, 0.717) is 18.0 Å². The molecule has 1 saturated heterocycles. The number of aromatic nitrogens is 1. The number of para-hydroxylation sites is 1. The molecule has 1 aliphatic heterocycles. The highest BCUT2D eigenvalue weighted by atomic mass is 32.2. The third-order valence-corrected chi connectivity index (χ3v) is 6.68. The van der Waals surface area contributed by atoms with E-state index >= 15 is 0 Å². The van der Waals surface area contributed by atoms with Crippen LogP contribution >= 0.6 is 0 Å². The molecule has 0 amide bonds. The Labute approximate surface area is 142 Å². The monoisotopic (exact) mass is 340 g/mol. The summed E-state index contributed by atoms with van der Waals surface area (Å²) in [6.45, 7) is 3.05. The first-order valence-electron chi connectivity index (χ1n) is 8.18. The molecule has 1 fully saturated rings. The first-order valence-corrected chi connectivity index (χ1v) is 9.62. The predicted octanol–water partition coefficient (Wildman–Crippen LogP) is 3.65. The molecule has 1 N–H and O–H groups in total. The average Bonchev–Trinajstić information content (AvgIpc) is 3.22. The quantitative estimate of drug-likeness (QED) is 0.791. The molecule has 2 heterocycles. The molecule has 5 heteroatoms. The van der Waals surface area contributed by atoms with Gasteiger partial charge in [0.15, 0.2) is 0 Å². The molecule has 124 valence electrons. The molecule has 2 aromatic carbocycles. The lowest BCUT2D eigenvalue weighted by Gasteiger charge is -2.16. The maximum atomic E-state index is 12.8. The van der Waals surface area contributed by atoms with E-state index in [4.69, 9.17) is 0 Å². The van der Waals surface area contributed by atoms with Gasteiger partial charge in [0.05, 0.1) is 4.90 Å². The minimum absolute atomic E-state index is 0.220. The molecule has 1 atom stereocenters. The van der Waals surface area contributed by atoms with Gasteiger partial charge in [0.25, 0.3) is 0 Å². The summed E-state index contributed by atoms with van der Waals surface area (Å²) in [5.74, 6) is 0.220. The molecule has 0 saturated carbocycles. The fourth-order valence-corrected chi connectivity index (χ4v) is 4.88. The van der Waals surface area contributed by atoms with Crippen molar-refractivity contribution in [1.29, 1.82) is 0 Å². The van der Waals surface area contributed by atoms with Gasteiger partial charge >= 0.3 is 0 Å². The number of hydrogen-bond acceptors (Lipinski definition) is 2. The van der Waals surface area contributed by atoms with Gasteiger partial charge in [-0.1, -0.05) is 35.9 Å². The van der Waals surface area contributed by atoms with Crippen molar-refractivity contribution in [3.05, 3.63) is 65.9 Å².